The maximum absolute atomic E-state index is 5.70. The van der Waals surface area contributed by atoms with Crippen LogP contribution in [0.5, 0.6) is 5.75 Å². The summed E-state index contributed by atoms with van der Waals surface area (Å²) in [6.45, 7) is 0.658. The molecule has 0 bridgehead atoms. The summed E-state index contributed by atoms with van der Waals surface area (Å²) in [6, 6.07) is 16.0. The maximum Gasteiger partial charge on any atom is 0.121 e. The summed E-state index contributed by atoms with van der Waals surface area (Å²) < 4.78 is 5.68. The largest absolute Gasteiger partial charge is 0.493 e. The number of hydrogen-bond acceptors (Lipinski definition) is 3. The molecular weight excluding hydrogens is 236 g/mol. The van der Waals surface area contributed by atoms with Gasteiger partial charge < -0.3 is 15.4 Å². The number of anilines is 2. The Morgan fingerprint density at radius 3 is 2.42 bits per heavy atom. The van der Waals surface area contributed by atoms with E-state index in [0.717, 1.165) is 17.9 Å². The summed E-state index contributed by atoms with van der Waals surface area (Å²) in [6.07, 6.45) is 0.891. The van der Waals surface area contributed by atoms with Crippen molar-refractivity contribution in [3.05, 3.63) is 54.1 Å². The van der Waals surface area contributed by atoms with E-state index in [2.05, 4.69) is 29.2 Å². The zero-order valence-electron chi connectivity index (χ0n) is 11.5. The van der Waals surface area contributed by atoms with Crippen LogP contribution in [-0.2, 0) is 6.42 Å². The van der Waals surface area contributed by atoms with Gasteiger partial charge in [0.15, 0.2) is 0 Å². The van der Waals surface area contributed by atoms with Gasteiger partial charge in [-0.1, -0.05) is 18.2 Å². The Balaban J connectivity index is 1.85. The van der Waals surface area contributed by atoms with Crippen molar-refractivity contribution in [3.63, 3.8) is 0 Å². The van der Waals surface area contributed by atoms with E-state index >= 15 is 0 Å². The SMILES string of the molecule is CN(C)c1ccc(CCOc2cccc(N)c2)cc1. The molecule has 2 aromatic carbocycles. The minimum absolute atomic E-state index is 0.658. The molecule has 0 atom stereocenters. The van der Waals surface area contributed by atoms with Gasteiger partial charge in [-0.15, -0.1) is 0 Å². The van der Waals surface area contributed by atoms with E-state index in [1.807, 2.05) is 38.4 Å². The lowest BCUT2D eigenvalue weighted by Crippen LogP contribution is -2.08. The van der Waals surface area contributed by atoms with Gasteiger partial charge in [0, 0.05) is 38.0 Å². The van der Waals surface area contributed by atoms with Gasteiger partial charge in [-0.05, 0) is 29.8 Å². The molecule has 100 valence electrons. The summed E-state index contributed by atoms with van der Waals surface area (Å²) >= 11 is 0. The fourth-order valence-electron chi connectivity index (χ4n) is 1.85. The zero-order valence-corrected chi connectivity index (χ0v) is 11.5. The molecule has 0 saturated heterocycles. The molecule has 0 saturated carbocycles. The van der Waals surface area contributed by atoms with Crippen LogP contribution in [0.25, 0.3) is 0 Å². The fraction of sp³-hybridized carbons (Fsp3) is 0.250. The molecule has 0 aromatic heterocycles. The standard InChI is InChI=1S/C16H20N2O/c1-18(2)15-8-6-13(7-9-15)10-11-19-16-5-3-4-14(17)12-16/h3-9,12H,10-11,17H2,1-2H3. The second-order valence-corrected chi connectivity index (χ2v) is 4.73. The van der Waals surface area contributed by atoms with Crippen LogP contribution >= 0.6 is 0 Å². The van der Waals surface area contributed by atoms with Crippen LogP contribution in [-0.4, -0.2) is 20.7 Å². The van der Waals surface area contributed by atoms with Crippen molar-refractivity contribution in [1.29, 1.82) is 0 Å². The molecule has 2 rings (SSSR count). The number of nitrogens with zero attached hydrogens (tertiary/aromatic N) is 1. The number of hydrogen-bond donors (Lipinski definition) is 1. The topological polar surface area (TPSA) is 38.5 Å². The smallest absolute Gasteiger partial charge is 0.121 e. The Hall–Kier alpha value is -2.16. The van der Waals surface area contributed by atoms with E-state index < -0.39 is 0 Å². The average Bonchev–Trinajstić information content (AvgIpc) is 2.39. The van der Waals surface area contributed by atoms with E-state index in [4.69, 9.17) is 10.5 Å². The van der Waals surface area contributed by atoms with Crippen LogP contribution in [0.1, 0.15) is 5.56 Å². The quantitative estimate of drug-likeness (QED) is 0.836. The summed E-state index contributed by atoms with van der Waals surface area (Å²) in [5.41, 5.74) is 8.91. The minimum atomic E-state index is 0.658. The molecule has 0 amide bonds. The molecule has 0 radical (unpaired) electrons. The number of benzene rings is 2. The Kier molecular flexibility index (Phi) is 4.29. The Labute approximate surface area is 114 Å². The van der Waals surface area contributed by atoms with Crippen molar-refractivity contribution in [1.82, 2.24) is 0 Å². The molecular formula is C16H20N2O. The van der Waals surface area contributed by atoms with Crippen LogP contribution in [0.2, 0.25) is 0 Å². The third-order valence-corrected chi connectivity index (χ3v) is 2.97. The second kappa shape index (κ2) is 6.14. The van der Waals surface area contributed by atoms with Gasteiger partial charge >= 0.3 is 0 Å². The number of ether oxygens (including phenoxy) is 1. The average molecular weight is 256 g/mol. The highest BCUT2D eigenvalue weighted by molar-refractivity contribution is 5.46. The molecule has 0 fully saturated rings. The molecule has 0 heterocycles. The highest BCUT2D eigenvalue weighted by Crippen LogP contribution is 2.16. The van der Waals surface area contributed by atoms with Gasteiger partial charge in [-0.2, -0.15) is 0 Å². The van der Waals surface area contributed by atoms with Gasteiger partial charge in [-0.25, -0.2) is 0 Å². The van der Waals surface area contributed by atoms with Crippen molar-refractivity contribution in [3.8, 4) is 5.75 Å². The van der Waals surface area contributed by atoms with Crippen molar-refractivity contribution in [2.75, 3.05) is 31.3 Å². The second-order valence-electron chi connectivity index (χ2n) is 4.73. The van der Waals surface area contributed by atoms with E-state index in [1.165, 1.54) is 11.3 Å². The van der Waals surface area contributed by atoms with Gasteiger partial charge in [0.25, 0.3) is 0 Å². The molecule has 3 heteroatoms. The summed E-state index contributed by atoms with van der Waals surface area (Å²) in [4.78, 5) is 2.09. The monoisotopic (exact) mass is 256 g/mol. The lowest BCUT2D eigenvalue weighted by atomic mass is 10.1. The van der Waals surface area contributed by atoms with Gasteiger partial charge in [0.05, 0.1) is 6.61 Å². The van der Waals surface area contributed by atoms with Crippen LogP contribution in [0.15, 0.2) is 48.5 Å². The molecule has 3 nitrogen and oxygen atoms in total. The number of nitrogen functional groups attached to an aromatic ring is 1. The van der Waals surface area contributed by atoms with Crippen molar-refractivity contribution in [2.24, 2.45) is 0 Å². The zero-order chi connectivity index (χ0) is 13.7. The summed E-state index contributed by atoms with van der Waals surface area (Å²) in [7, 11) is 4.08. The Morgan fingerprint density at radius 1 is 1.05 bits per heavy atom. The van der Waals surface area contributed by atoms with Gasteiger partial charge in [0.2, 0.25) is 0 Å². The first kappa shape index (κ1) is 13.3. The maximum atomic E-state index is 5.70. The lowest BCUT2D eigenvalue weighted by Gasteiger charge is -2.12. The predicted octanol–water partition coefficient (Wildman–Crippen LogP) is 2.96. The summed E-state index contributed by atoms with van der Waals surface area (Å²) in [5.74, 6) is 0.824. The molecule has 0 aliphatic heterocycles. The van der Waals surface area contributed by atoms with Crippen LogP contribution in [0.3, 0.4) is 0 Å². The van der Waals surface area contributed by atoms with Crippen LogP contribution in [0, 0.1) is 0 Å². The molecule has 0 spiro atoms. The first-order valence-electron chi connectivity index (χ1n) is 6.40. The molecule has 0 aliphatic carbocycles. The third-order valence-electron chi connectivity index (χ3n) is 2.97. The van der Waals surface area contributed by atoms with Crippen molar-refractivity contribution >= 4 is 11.4 Å². The molecule has 0 unspecified atom stereocenters. The number of rotatable bonds is 5. The molecule has 0 aliphatic rings. The van der Waals surface area contributed by atoms with Gasteiger partial charge in [0.1, 0.15) is 5.75 Å². The Bertz CT molecular complexity index is 521. The van der Waals surface area contributed by atoms with Crippen molar-refractivity contribution in [2.45, 2.75) is 6.42 Å². The highest BCUT2D eigenvalue weighted by Gasteiger charge is 1.98. The lowest BCUT2D eigenvalue weighted by molar-refractivity contribution is 0.322. The first-order chi connectivity index (χ1) is 9.15. The normalized spacial score (nSPS) is 10.2. The third kappa shape index (κ3) is 3.91. The predicted molar refractivity (Wildman–Crippen MR) is 80.8 cm³/mol. The van der Waals surface area contributed by atoms with Gasteiger partial charge in [-0.3, -0.25) is 0 Å². The minimum Gasteiger partial charge on any atom is -0.493 e. The molecule has 19 heavy (non-hydrogen) atoms. The summed E-state index contributed by atoms with van der Waals surface area (Å²) in [5, 5.41) is 0. The van der Waals surface area contributed by atoms with E-state index in [9.17, 15) is 0 Å². The first-order valence-corrected chi connectivity index (χ1v) is 6.40. The van der Waals surface area contributed by atoms with Crippen LogP contribution in [0.4, 0.5) is 11.4 Å². The number of nitrogens with two attached hydrogens (primary N) is 1. The van der Waals surface area contributed by atoms with Crippen molar-refractivity contribution < 1.29 is 4.74 Å². The molecule has 2 aromatic rings. The Morgan fingerprint density at radius 2 is 1.79 bits per heavy atom. The fourth-order valence-corrected chi connectivity index (χ4v) is 1.85. The van der Waals surface area contributed by atoms with E-state index in [1.54, 1.807) is 0 Å². The van der Waals surface area contributed by atoms with E-state index in [-0.39, 0.29) is 0 Å². The highest BCUT2D eigenvalue weighted by atomic mass is 16.5. The molecule has 2 N–H and O–H groups in total. The van der Waals surface area contributed by atoms with Crippen LogP contribution < -0.4 is 15.4 Å². The van der Waals surface area contributed by atoms with E-state index in [0.29, 0.717) is 6.61 Å².